The smallest absolute Gasteiger partial charge is 0.0589 e. The van der Waals surface area contributed by atoms with Gasteiger partial charge in [-0.3, -0.25) is 9.98 Å². The molecule has 1 aromatic heterocycles. The molecule has 0 bridgehead atoms. The van der Waals surface area contributed by atoms with Crippen LogP contribution in [0.4, 0.5) is 0 Å². The maximum Gasteiger partial charge on any atom is 0.0589 e. The second-order valence-corrected chi connectivity index (χ2v) is 3.48. The number of aromatic nitrogens is 1. The molecule has 0 aromatic carbocycles. The number of hydrogen-bond donors (Lipinski definition) is 1. The molecule has 1 rings (SSSR count). The molecule has 0 unspecified atom stereocenters. The lowest BCUT2D eigenvalue weighted by molar-refractivity contribution is 1.14. The van der Waals surface area contributed by atoms with Crippen molar-refractivity contribution in [1.82, 2.24) is 4.98 Å². The predicted molar refractivity (Wildman–Crippen MR) is 63.3 cm³/mol. The Morgan fingerprint density at radius 3 is 2.79 bits per heavy atom. The van der Waals surface area contributed by atoms with E-state index in [-0.39, 0.29) is 0 Å². The molecular formula is C10H12BrN3. The van der Waals surface area contributed by atoms with Gasteiger partial charge in [-0.2, -0.15) is 0 Å². The Labute approximate surface area is 91.9 Å². The minimum atomic E-state index is 0.671. The fourth-order valence-electron chi connectivity index (χ4n) is 0.910. The van der Waals surface area contributed by atoms with Crippen LogP contribution in [0.1, 0.15) is 12.5 Å². The van der Waals surface area contributed by atoms with Gasteiger partial charge in [-0.25, -0.2) is 0 Å². The van der Waals surface area contributed by atoms with E-state index in [9.17, 15) is 0 Å². The highest BCUT2D eigenvalue weighted by Crippen LogP contribution is 2.15. The lowest BCUT2D eigenvalue weighted by Crippen LogP contribution is -1.99. The van der Waals surface area contributed by atoms with Gasteiger partial charge in [0.1, 0.15) is 0 Å². The summed E-state index contributed by atoms with van der Waals surface area (Å²) < 4.78 is 0.797. The first-order chi connectivity index (χ1) is 6.75. The second-order valence-electron chi connectivity index (χ2n) is 2.63. The van der Waals surface area contributed by atoms with Gasteiger partial charge in [0.05, 0.1) is 10.2 Å². The molecular weight excluding hydrogens is 242 g/mol. The number of nitrogens with zero attached hydrogens (tertiary/aromatic N) is 2. The molecule has 0 saturated carbocycles. The van der Waals surface area contributed by atoms with Crippen molar-refractivity contribution < 1.29 is 0 Å². The summed E-state index contributed by atoms with van der Waals surface area (Å²) >= 11 is 3.37. The molecule has 0 fully saturated rings. The van der Waals surface area contributed by atoms with Crippen LogP contribution < -0.4 is 5.73 Å². The summed E-state index contributed by atoms with van der Waals surface area (Å²) in [5.41, 5.74) is 7.50. The van der Waals surface area contributed by atoms with E-state index in [0.29, 0.717) is 5.70 Å². The lowest BCUT2D eigenvalue weighted by Gasteiger charge is -2.01. The molecule has 0 atom stereocenters. The summed E-state index contributed by atoms with van der Waals surface area (Å²) in [5.74, 6) is 0. The summed E-state index contributed by atoms with van der Waals surface area (Å²) in [6.45, 7) is 2.72. The zero-order chi connectivity index (χ0) is 10.4. The van der Waals surface area contributed by atoms with Crippen LogP contribution in [0.2, 0.25) is 0 Å². The van der Waals surface area contributed by atoms with Crippen LogP contribution in [0, 0.1) is 0 Å². The molecule has 0 amide bonds. The zero-order valence-corrected chi connectivity index (χ0v) is 9.53. The Hall–Kier alpha value is -1.16. The van der Waals surface area contributed by atoms with Crippen LogP contribution in [0.5, 0.6) is 0 Å². The maximum absolute atomic E-state index is 5.89. The fourth-order valence-corrected chi connectivity index (χ4v) is 1.28. The third-order valence-corrected chi connectivity index (χ3v) is 2.27. The van der Waals surface area contributed by atoms with Gasteiger partial charge in [0.2, 0.25) is 0 Å². The molecule has 0 aliphatic carbocycles. The van der Waals surface area contributed by atoms with E-state index in [4.69, 9.17) is 5.73 Å². The first-order valence-corrected chi connectivity index (χ1v) is 5.10. The molecule has 0 radical (unpaired) electrons. The minimum Gasteiger partial charge on any atom is -0.397 e. The number of halogens is 1. The van der Waals surface area contributed by atoms with Crippen LogP contribution in [0.25, 0.3) is 5.70 Å². The monoisotopic (exact) mass is 253 g/mol. The molecule has 0 aliphatic rings. The standard InChI is InChI=1S/C10H12BrN3/c1-2-13-7-9(11)10(12)8-3-5-14-6-4-8/h3-7H,2,12H2,1H3. The first-order valence-electron chi connectivity index (χ1n) is 4.31. The van der Waals surface area contributed by atoms with Crippen molar-refractivity contribution in [2.75, 3.05) is 6.54 Å². The van der Waals surface area contributed by atoms with E-state index in [1.54, 1.807) is 18.6 Å². The molecule has 4 heteroatoms. The molecule has 74 valence electrons. The lowest BCUT2D eigenvalue weighted by atomic mass is 10.2. The van der Waals surface area contributed by atoms with Gasteiger partial charge in [0.25, 0.3) is 0 Å². The van der Waals surface area contributed by atoms with Crippen LogP contribution >= 0.6 is 15.9 Å². The molecule has 1 aromatic rings. The van der Waals surface area contributed by atoms with Crippen molar-refractivity contribution >= 4 is 27.8 Å². The predicted octanol–water partition coefficient (Wildman–Crippen LogP) is 2.19. The molecule has 3 nitrogen and oxygen atoms in total. The minimum absolute atomic E-state index is 0.671. The van der Waals surface area contributed by atoms with Crippen LogP contribution in [-0.4, -0.2) is 17.7 Å². The second kappa shape index (κ2) is 5.54. The fraction of sp³-hybridized carbons (Fsp3) is 0.200. The number of nitrogens with two attached hydrogens (primary N) is 1. The molecule has 0 spiro atoms. The van der Waals surface area contributed by atoms with Gasteiger partial charge in [0.15, 0.2) is 0 Å². The molecule has 0 saturated heterocycles. The Balaban J connectivity index is 2.93. The Bertz CT molecular complexity index is 344. The molecule has 2 N–H and O–H groups in total. The number of hydrogen-bond acceptors (Lipinski definition) is 3. The van der Waals surface area contributed by atoms with E-state index >= 15 is 0 Å². The summed E-state index contributed by atoms with van der Waals surface area (Å²) in [7, 11) is 0. The highest BCUT2D eigenvalue weighted by Gasteiger charge is 1.99. The van der Waals surface area contributed by atoms with E-state index < -0.39 is 0 Å². The van der Waals surface area contributed by atoms with E-state index in [0.717, 1.165) is 16.6 Å². The highest BCUT2D eigenvalue weighted by atomic mass is 79.9. The van der Waals surface area contributed by atoms with Crippen molar-refractivity contribution in [3.63, 3.8) is 0 Å². The van der Waals surface area contributed by atoms with Gasteiger partial charge < -0.3 is 5.73 Å². The van der Waals surface area contributed by atoms with E-state index in [1.807, 2.05) is 19.1 Å². The van der Waals surface area contributed by atoms with Crippen LogP contribution in [-0.2, 0) is 0 Å². The average molecular weight is 254 g/mol. The molecule has 0 aliphatic heterocycles. The summed E-state index contributed by atoms with van der Waals surface area (Å²) in [4.78, 5) is 8.02. The van der Waals surface area contributed by atoms with Gasteiger partial charge in [-0.1, -0.05) is 0 Å². The van der Waals surface area contributed by atoms with Crippen LogP contribution in [0.15, 0.2) is 34.0 Å². The average Bonchev–Trinajstić information content (AvgIpc) is 2.26. The Kier molecular flexibility index (Phi) is 4.32. The van der Waals surface area contributed by atoms with Gasteiger partial charge >= 0.3 is 0 Å². The van der Waals surface area contributed by atoms with Gasteiger partial charge in [-0.05, 0) is 35.0 Å². The van der Waals surface area contributed by atoms with Gasteiger partial charge in [0, 0.05) is 30.7 Å². The quantitative estimate of drug-likeness (QED) is 0.840. The van der Waals surface area contributed by atoms with Crippen molar-refractivity contribution in [3.05, 3.63) is 34.6 Å². The number of rotatable bonds is 3. The molecule has 14 heavy (non-hydrogen) atoms. The first kappa shape index (κ1) is 10.9. The van der Waals surface area contributed by atoms with Crippen LogP contribution in [0.3, 0.4) is 0 Å². The van der Waals surface area contributed by atoms with E-state index in [2.05, 4.69) is 25.9 Å². The summed E-state index contributed by atoms with van der Waals surface area (Å²) in [6, 6.07) is 3.72. The Morgan fingerprint density at radius 1 is 1.57 bits per heavy atom. The maximum atomic E-state index is 5.89. The van der Waals surface area contributed by atoms with Crippen molar-refractivity contribution in [1.29, 1.82) is 0 Å². The normalized spacial score (nSPS) is 13.0. The summed E-state index contributed by atoms with van der Waals surface area (Å²) in [6.07, 6.45) is 5.13. The number of allylic oxidation sites excluding steroid dienone is 1. The SMILES string of the molecule is CCN=CC(Br)=C(N)c1ccncc1. The van der Waals surface area contributed by atoms with Crippen molar-refractivity contribution in [2.45, 2.75) is 6.92 Å². The topological polar surface area (TPSA) is 51.3 Å². The number of aliphatic imine (C=N–C) groups is 1. The third-order valence-electron chi connectivity index (χ3n) is 1.64. The Morgan fingerprint density at radius 2 is 2.21 bits per heavy atom. The van der Waals surface area contributed by atoms with Gasteiger partial charge in [-0.15, -0.1) is 0 Å². The highest BCUT2D eigenvalue weighted by molar-refractivity contribution is 9.12. The van der Waals surface area contributed by atoms with E-state index in [1.165, 1.54) is 0 Å². The third kappa shape index (κ3) is 2.96. The summed E-state index contributed by atoms with van der Waals surface area (Å²) in [5, 5.41) is 0. The van der Waals surface area contributed by atoms with Crippen molar-refractivity contribution in [2.24, 2.45) is 10.7 Å². The zero-order valence-electron chi connectivity index (χ0n) is 7.94. The van der Waals surface area contributed by atoms with Crippen molar-refractivity contribution in [3.8, 4) is 0 Å². The number of pyridine rings is 1. The largest absolute Gasteiger partial charge is 0.397 e. The molecule has 1 heterocycles.